The van der Waals surface area contributed by atoms with Crippen LogP contribution in [-0.2, 0) is 0 Å². The van der Waals surface area contributed by atoms with Crippen LogP contribution in [-0.4, -0.2) is 24.8 Å². The maximum Gasteiger partial charge on any atom is 0.165 e. The van der Waals surface area contributed by atoms with E-state index < -0.39 is 0 Å². The van der Waals surface area contributed by atoms with E-state index in [1.807, 2.05) is 59.5 Å². The minimum Gasteiger partial charge on any atom is -0.312 e. The molecule has 11 rings (SSSR count). The average Bonchev–Trinajstić information content (AvgIpc) is 3.88. The second kappa shape index (κ2) is 11.4. The minimum absolute atomic E-state index is 0.200. The third-order valence-electron chi connectivity index (χ3n) is 10.2. The van der Waals surface area contributed by atoms with Gasteiger partial charge in [0, 0.05) is 69.4 Å². The summed E-state index contributed by atoms with van der Waals surface area (Å²) < 4.78 is 5.00. The highest BCUT2D eigenvalue weighted by Gasteiger charge is 2.39. The molecule has 6 aromatic carbocycles. The largest absolute Gasteiger partial charge is 0.312 e. The fraction of sp³-hybridized carbons (Fsp3) is 0.0444. The molecule has 0 saturated carbocycles. The molecule has 2 unspecified atom stereocenters. The van der Waals surface area contributed by atoms with Gasteiger partial charge in [0.15, 0.2) is 17.5 Å². The Morgan fingerprint density at radius 2 is 1.16 bits per heavy atom. The lowest BCUT2D eigenvalue weighted by Crippen LogP contribution is -2.16. The third kappa shape index (κ3) is 4.43. The zero-order valence-electron chi connectivity index (χ0n) is 27.3. The molecule has 0 radical (unpaired) electrons. The van der Waals surface area contributed by atoms with E-state index in [4.69, 9.17) is 15.0 Å². The number of thiophene rings is 1. The van der Waals surface area contributed by atoms with Crippen LogP contribution in [0.4, 0.5) is 0 Å². The summed E-state index contributed by atoms with van der Waals surface area (Å²) in [5.74, 6) is 2.24. The lowest BCUT2D eigenvalue weighted by Gasteiger charge is -2.26. The smallest absolute Gasteiger partial charge is 0.165 e. The minimum atomic E-state index is 0.200. The average molecular weight is 689 g/mol. The predicted octanol–water partition coefficient (Wildman–Crippen LogP) is 12.0. The normalized spacial score (nSPS) is 16.6. The Balaban J connectivity index is 1.13. The van der Waals surface area contributed by atoms with Gasteiger partial charge in [-0.3, -0.25) is 0 Å². The van der Waals surface area contributed by atoms with Crippen molar-refractivity contribution < 1.29 is 0 Å². The quantitative estimate of drug-likeness (QED) is 0.185. The molecule has 1 aliphatic carbocycles. The van der Waals surface area contributed by atoms with Gasteiger partial charge < -0.3 is 4.57 Å². The molecule has 1 aliphatic heterocycles. The van der Waals surface area contributed by atoms with Crippen LogP contribution in [0.2, 0.25) is 0 Å². The van der Waals surface area contributed by atoms with Crippen LogP contribution in [0.5, 0.6) is 0 Å². The summed E-state index contributed by atoms with van der Waals surface area (Å²) in [6.45, 7) is 0. The zero-order chi connectivity index (χ0) is 33.5. The molecule has 6 heteroatoms. The van der Waals surface area contributed by atoms with Crippen LogP contribution in [0.15, 0.2) is 163 Å². The number of aromatic nitrogens is 4. The van der Waals surface area contributed by atoms with E-state index in [-0.39, 0.29) is 5.92 Å². The third-order valence-corrected chi connectivity index (χ3v) is 12.7. The van der Waals surface area contributed by atoms with Crippen molar-refractivity contribution in [3.63, 3.8) is 0 Å². The molecule has 0 bridgehead atoms. The van der Waals surface area contributed by atoms with Crippen molar-refractivity contribution in [2.45, 2.75) is 16.1 Å². The number of allylic oxidation sites excluding steroid dienone is 3. The molecule has 0 N–H and O–H groups in total. The molecule has 240 valence electrons. The van der Waals surface area contributed by atoms with E-state index in [1.54, 1.807) is 0 Å². The summed E-state index contributed by atoms with van der Waals surface area (Å²) in [4.78, 5) is 16.6. The Kier molecular flexibility index (Phi) is 6.45. The first-order valence-electron chi connectivity index (χ1n) is 17.2. The molecule has 2 atom stereocenters. The van der Waals surface area contributed by atoms with Crippen molar-refractivity contribution in [1.82, 2.24) is 19.5 Å². The number of nitrogens with zero attached hydrogens (tertiary/aromatic N) is 4. The number of hydrogen-bond donors (Lipinski definition) is 0. The molecule has 0 fully saturated rings. The van der Waals surface area contributed by atoms with Gasteiger partial charge in [-0.2, -0.15) is 0 Å². The lowest BCUT2D eigenvalue weighted by atomic mass is 9.86. The van der Waals surface area contributed by atoms with Gasteiger partial charge in [0.2, 0.25) is 0 Å². The van der Waals surface area contributed by atoms with E-state index in [0.29, 0.717) is 22.7 Å². The summed E-state index contributed by atoms with van der Waals surface area (Å²) in [6.07, 6.45) is 6.99. The molecule has 51 heavy (non-hydrogen) atoms. The Morgan fingerprint density at radius 1 is 0.549 bits per heavy atom. The van der Waals surface area contributed by atoms with Crippen molar-refractivity contribution in [1.29, 1.82) is 0 Å². The molecule has 4 heterocycles. The van der Waals surface area contributed by atoms with Crippen LogP contribution in [0.1, 0.15) is 11.5 Å². The van der Waals surface area contributed by atoms with Crippen LogP contribution >= 0.6 is 23.1 Å². The molecule has 0 spiro atoms. The van der Waals surface area contributed by atoms with E-state index in [0.717, 1.165) is 16.7 Å². The van der Waals surface area contributed by atoms with Gasteiger partial charge in [0.1, 0.15) is 0 Å². The Hall–Kier alpha value is -5.82. The van der Waals surface area contributed by atoms with Crippen molar-refractivity contribution in [3.8, 4) is 34.2 Å². The fourth-order valence-electron chi connectivity index (χ4n) is 8.04. The van der Waals surface area contributed by atoms with Crippen LogP contribution in [0, 0.1) is 0 Å². The summed E-state index contributed by atoms with van der Waals surface area (Å²) >= 11 is 3.83. The molecular weight excluding hydrogens is 661 g/mol. The number of thioether (sulfide) groups is 1. The topological polar surface area (TPSA) is 43.6 Å². The summed E-state index contributed by atoms with van der Waals surface area (Å²) in [6, 6.07) is 49.3. The van der Waals surface area contributed by atoms with Gasteiger partial charge in [-0.25, -0.2) is 15.0 Å². The van der Waals surface area contributed by atoms with Crippen molar-refractivity contribution in [2.75, 3.05) is 0 Å². The van der Waals surface area contributed by atoms with Crippen LogP contribution < -0.4 is 0 Å². The summed E-state index contributed by atoms with van der Waals surface area (Å²) in [5.41, 5.74) is 8.22. The van der Waals surface area contributed by atoms with Gasteiger partial charge in [0.25, 0.3) is 0 Å². The number of benzene rings is 6. The molecule has 0 amide bonds. The number of hydrogen-bond acceptors (Lipinski definition) is 5. The van der Waals surface area contributed by atoms with Gasteiger partial charge in [-0.15, -0.1) is 23.1 Å². The molecular formula is C45H28N4S2. The fourth-order valence-corrected chi connectivity index (χ4v) is 10.6. The zero-order valence-corrected chi connectivity index (χ0v) is 28.9. The van der Waals surface area contributed by atoms with Crippen molar-refractivity contribution in [2.24, 2.45) is 0 Å². The molecule has 4 nitrogen and oxygen atoms in total. The van der Waals surface area contributed by atoms with Crippen molar-refractivity contribution in [3.05, 3.63) is 163 Å². The molecule has 2 aliphatic rings. The van der Waals surface area contributed by atoms with E-state index in [9.17, 15) is 0 Å². The van der Waals surface area contributed by atoms with Gasteiger partial charge in [0.05, 0.1) is 11.0 Å². The van der Waals surface area contributed by atoms with Crippen molar-refractivity contribution >= 4 is 70.8 Å². The second-order valence-electron chi connectivity index (χ2n) is 13.1. The number of fused-ring (bicyclic) bond motifs is 10. The molecule has 9 aromatic rings. The number of para-hydroxylation sites is 2. The van der Waals surface area contributed by atoms with Crippen LogP contribution in [0.25, 0.3) is 81.8 Å². The molecule has 0 saturated heterocycles. The van der Waals surface area contributed by atoms with Gasteiger partial charge >= 0.3 is 0 Å². The van der Waals surface area contributed by atoms with Gasteiger partial charge in [-0.1, -0.05) is 121 Å². The highest BCUT2D eigenvalue weighted by atomic mass is 32.2. The first kappa shape index (κ1) is 29.0. The van der Waals surface area contributed by atoms with Crippen LogP contribution in [0.3, 0.4) is 0 Å². The standard InChI is InChI=1S/C45H28N4S2/c1-3-13-27(14-4-1)43-46-44(28-15-5-2-6-16-28)48-45(47-43)32-20-11-19-31-39-37(51-42(31)32)25-26-38-41(39)40-35(23-12-24-36(40)50-38)49-33-21-9-7-17-29(33)30-18-8-10-22-34(30)49/h1-26,36,40H. The SMILES string of the molecule is C1=CC2Sc3ccc4sc5c(-c6nc(-c7ccccc7)nc(-c7ccccc7)n6)cccc5c4c3C2C(n2c3ccccc3c3ccccc32)=C1. The maximum absolute atomic E-state index is 5.12. The highest BCUT2D eigenvalue weighted by Crippen LogP contribution is 2.57. The molecule has 3 aromatic heterocycles. The van der Waals surface area contributed by atoms with E-state index in [2.05, 4.69) is 126 Å². The number of rotatable bonds is 4. The highest BCUT2D eigenvalue weighted by molar-refractivity contribution is 8.00. The first-order valence-corrected chi connectivity index (χ1v) is 18.9. The lowest BCUT2D eigenvalue weighted by molar-refractivity contribution is 0.862. The second-order valence-corrected chi connectivity index (χ2v) is 15.4. The van der Waals surface area contributed by atoms with E-state index in [1.165, 1.54) is 58.1 Å². The van der Waals surface area contributed by atoms with E-state index >= 15 is 0 Å². The first-order chi connectivity index (χ1) is 25.3. The monoisotopic (exact) mass is 688 g/mol. The Morgan fingerprint density at radius 3 is 1.84 bits per heavy atom. The Bertz CT molecular complexity index is 2790. The maximum atomic E-state index is 5.12. The summed E-state index contributed by atoms with van der Waals surface area (Å²) in [7, 11) is 0. The van der Waals surface area contributed by atoms with Gasteiger partial charge in [-0.05, 0) is 42.0 Å². The summed E-state index contributed by atoms with van der Waals surface area (Å²) in [5, 5.41) is 5.49. The Labute approximate surface area is 302 Å². The predicted molar refractivity (Wildman–Crippen MR) is 214 cm³/mol.